The smallest absolute Gasteiger partial charge is 0.435 e. The number of aliphatic carboxylic acids is 1. The number of carboxylic acid groups (broad SMARTS) is 1. The summed E-state index contributed by atoms with van der Waals surface area (Å²) in [5.74, 6) is -3.88. The maximum atomic E-state index is 12.9. The van der Waals surface area contributed by atoms with Crippen molar-refractivity contribution in [2.24, 2.45) is 0 Å². The second kappa shape index (κ2) is 7.20. The predicted molar refractivity (Wildman–Crippen MR) is 83.2 cm³/mol. The van der Waals surface area contributed by atoms with Gasteiger partial charge in [0.25, 0.3) is 5.78 Å². The number of hydrogen-bond donors (Lipinski definition) is 1. The Morgan fingerprint density at radius 3 is 2.46 bits per heavy atom. The van der Waals surface area contributed by atoms with E-state index in [0.717, 1.165) is 19.2 Å². The standard InChI is InChI=1S/C16H10ClF3N2O4/c1-7-14(16(18,19)20)22-11(6-21-7)12(23)5-8-4-9(17)2-3-10(8)13(24)15(25)26/h2-4,6H,5H2,1H3,(H,25,26). The van der Waals surface area contributed by atoms with Crippen LogP contribution in [0.25, 0.3) is 0 Å². The predicted octanol–water partition coefficient (Wildman–Crippen LogP) is 3.15. The lowest BCUT2D eigenvalue weighted by Crippen LogP contribution is -2.19. The van der Waals surface area contributed by atoms with Crippen molar-refractivity contribution in [3.8, 4) is 0 Å². The molecule has 0 aliphatic rings. The van der Waals surface area contributed by atoms with Crippen LogP contribution in [0.3, 0.4) is 0 Å². The highest BCUT2D eigenvalue weighted by molar-refractivity contribution is 6.40. The molecule has 1 aromatic heterocycles. The van der Waals surface area contributed by atoms with Gasteiger partial charge in [-0.3, -0.25) is 14.6 Å². The van der Waals surface area contributed by atoms with Gasteiger partial charge in [0.2, 0.25) is 0 Å². The van der Waals surface area contributed by atoms with Gasteiger partial charge < -0.3 is 5.11 Å². The summed E-state index contributed by atoms with van der Waals surface area (Å²) in [6.45, 7) is 1.10. The number of alkyl halides is 3. The SMILES string of the molecule is Cc1ncc(C(=O)Cc2cc(Cl)ccc2C(=O)C(=O)O)nc1C(F)(F)F. The van der Waals surface area contributed by atoms with E-state index in [2.05, 4.69) is 9.97 Å². The van der Waals surface area contributed by atoms with E-state index in [-0.39, 0.29) is 16.1 Å². The highest BCUT2D eigenvalue weighted by Gasteiger charge is 2.36. The van der Waals surface area contributed by atoms with Gasteiger partial charge in [-0.1, -0.05) is 11.6 Å². The van der Waals surface area contributed by atoms with Crippen LogP contribution >= 0.6 is 11.6 Å². The molecule has 2 aromatic rings. The summed E-state index contributed by atoms with van der Waals surface area (Å²) >= 11 is 5.79. The van der Waals surface area contributed by atoms with Crippen LogP contribution in [0, 0.1) is 6.92 Å². The van der Waals surface area contributed by atoms with E-state index in [9.17, 15) is 27.6 Å². The number of carbonyl (C=O) groups excluding carboxylic acids is 2. The molecule has 0 saturated heterocycles. The highest BCUT2D eigenvalue weighted by Crippen LogP contribution is 2.29. The normalized spacial score (nSPS) is 11.3. The number of Topliss-reactive ketones (excluding diaryl/α,β-unsaturated/α-hetero) is 2. The summed E-state index contributed by atoms with van der Waals surface area (Å²) in [5, 5.41) is 8.95. The lowest BCUT2D eigenvalue weighted by atomic mass is 9.98. The molecule has 0 aliphatic carbocycles. The molecule has 2 rings (SSSR count). The van der Waals surface area contributed by atoms with Gasteiger partial charge in [0.1, 0.15) is 5.69 Å². The molecule has 1 aromatic carbocycles. The monoisotopic (exact) mass is 386 g/mol. The molecule has 1 N–H and O–H groups in total. The van der Waals surface area contributed by atoms with Gasteiger partial charge >= 0.3 is 12.1 Å². The molecule has 0 saturated carbocycles. The zero-order valence-corrected chi connectivity index (χ0v) is 13.9. The van der Waals surface area contributed by atoms with E-state index >= 15 is 0 Å². The Morgan fingerprint density at radius 2 is 1.88 bits per heavy atom. The molecule has 0 aliphatic heterocycles. The summed E-state index contributed by atoms with van der Waals surface area (Å²) in [7, 11) is 0. The second-order valence-corrected chi connectivity index (χ2v) is 5.66. The summed E-state index contributed by atoms with van der Waals surface area (Å²) in [6, 6.07) is 3.59. The zero-order valence-electron chi connectivity index (χ0n) is 13.1. The summed E-state index contributed by atoms with van der Waals surface area (Å²) in [5.41, 5.74) is -2.57. The highest BCUT2D eigenvalue weighted by atomic mass is 35.5. The maximum absolute atomic E-state index is 12.9. The van der Waals surface area contributed by atoms with Gasteiger partial charge in [-0.05, 0) is 30.7 Å². The molecule has 26 heavy (non-hydrogen) atoms. The number of nitrogens with zero attached hydrogens (tertiary/aromatic N) is 2. The van der Waals surface area contributed by atoms with Crippen molar-refractivity contribution >= 4 is 29.1 Å². The molecule has 0 atom stereocenters. The molecular formula is C16H10ClF3N2O4. The molecule has 0 bridgehead atoms. The molecule has 10 heteroatoms. The molecule has 0 unspecified atom stereocenters. The van der Waals surface area contributed by atoms with Gasteiger partial charge in [0.05, 0.1) is 11.9 Å². The fourth-order valence-electron chi connectivity index (χ4n) is 2.16. The first-order valence-electron chi connectivity index (χ1n) is 7.00. The first-order valence-corrected chi connectivity index (χ1v) is 7.38. The molecule has 0 amide bonds. The Labute approximate surface area is 149 Å². The quantitative estimate of drug-likeness (QED) is 0.626. The number of benzene rings is 1. The lowest BCUT2D eigenvalue weighted by molar-refractivity contribution is -0.142. The Morgan fingerprint density at radius 1 is 1.23 bits per heavy atom. The number of aryl methyl sites for hydroxylation is 1. The summed E-state index contributed by atoms with van der Waals surface area (Å²) < 4.78 is 38.7. The lowest BCUT2D eigenvalue weighted by Gasteiger charge is -2.10. The zero-order chi connectivity index (χ0) is 19.6. The summed E-state index contributed by atoms with van der Waals surface area (Å²) in [4.78, 5) is 41.7. The van der Waals surface area contributed by atoms with Crippen molar-refractivity contribution in [1.82, 2.24) is 9.97 Å². The molecule has 136 valence electrons. The van der Waals surface area contributed by atoms with Crippen LogP contribution in [-0.2, 0) is 17.4 Å². The molecular weight excluding hydrogens is 377 g/mol. The van der Waals surface area contributed by atoms with E-state index < -0.39 is 47.2 Å². The third-order valence-electron chi connectivity index (χ3n) is 3.37. The van der Waals surface area contributed by atoms with Crippen molar-refractivity contribution in [3.05, 3.63) is 57.6 Å². The molecule has 0 fully saturated rings. The molecule has 1 heterocycles. The van der Waals surface area contributed by atoms with Crippen molar-refractivity contribution < 1.29 is 32.7 Å². The Hall–Kier alpha value is -2.81. The van der Waals surface area contributed by atoms with Crippen LogP contribution in [0.5, 0.6) is 0 Å². The van der Waals surface area contributed by atoms with Crippen LogP contribution in [0.15, 0.2) is 24.4 Å². The second-order valence-electron chi connectivity index (χ2n) is 5.22. The number of carboxylic acids is 1. The molecule has 0 radical (unpaired) electrons. The first kappa shape index (κ1) is 19.5. The van der Waals surface area contributed by atoms with E-state index in [4.69, 9.17) is 16.7 Å². The van der Waals surface area contributed by atoms with Crippen molar-refractivity contribution in [3.63, 3.8) is 0 Å². The third-order valence-corrected chi connectivity index (χ3v) is 3.60. The topological polar surface area (TPSA) is 97.2 Å². The minimum Gasteiger partial charge on any atom is -0.475 e. The Bertz CT molecular complexity index is 913. The van der Waals surface area contributed by atoms with E-state index in [1.807, 2.05) is 0 Å². The van der Waals surface area contributed by atoms with E-state index in [1.165, 1.54) is 12.1 Å². The van der Waals surface area contributed by atoms with Crippen LogP contribution in [0.2, 0.25) is 5.02 Å². The Balaban J connectivity index is 2.41. The fraction of sp³-hybridized carbons (Fsp3) is 0.188. The number of carbonyl (C=O) groups is 3. The van der Waals surface area contributed by atoms with Crippen LogP contribution in [0.1, 0.15) is 37.8 Å². The minimum absolute atomic E-state index is 0.0363. The Kier molecular flexibility index (Phi) is 5.41. The van der Waals surface area contributed by atoms with Gasteiger partial charge in [0.15, 0.2) is 11.5 Å². The van der Waals surface area contributed by atoms with Gasteiger partial charge in [-0.15, -0.1) is 0 Å². The fourth-order valence-corrected chi connectivity index (χ4v) is 2.36. The van der Waals surface area contributed by atoms with Crippen LogP contribution in [-0.4, -0.2) is 32.6 Å². The third kappa shape index (κ3) is 4.23. The molecule has 6 nitrogen and oxygen atoms in total. The van der Waals surface area contributed by atoms with E-state index in [1.54, 1.807) is 0 Å². The number of ketones is 2. The summed E-state index contributed by atoms with van der Waals surface area (Å²) in [6.07, 6.45) is -4.46. The van der Waals surface area contributed by atoms with E-state index in [0.29, 0.717) is 0 Å². The largest absolute Gasteiger partial charge is 0.475 e. The van der Waals surface area contributed by atoms with Gasteiger partial charge in [-0.2, -0.15) is 13.2 Å². The van der Waals surface area contributed by atoms with Gasteiger partial charge in [0, 0.05) is 17.0 Å². The average Bonchev–Trinajstić information content (AvgIpc) is 2.53. The first-order chi connectivity index (χ1) is 12.0. The minimum atomic E-state index is -4.78. The van der Waals surface area contributed by atoms with Crippen molar-refractivity contribution in [1.29, 1.82) is 0 Å². The number of aromatic nitrogens is 2. The van der Waals surface area contributed by atoms with Crippen molar-refractivity contribution in [2.75, 3.05) is 0 Å². The average molecular weight is 387 g/mol. The number of hydrogen-bond acceptors (Lipinski definition) is 5. The van der Waals surface area contributed by atoms with Crippen molar-refractivity contribution in [2.45, 2.75) is 19.5 Å². The number of halogens is 4. The maximum Gasteiger partial charge on any atom is 0.435 e. The number of rotatable bonds is 5. The van der Waals surface area contributed by atoms with Gasteiger partial charge in [-0.25, -0.2) is 9.78 Å². The molecule has 0 spiro atoms. The van der Waals surface area contributed by atoms with Crippen LogP contribution < -0.4 is 0 Å². The van der Waals surface area contributed by atoms with Crippen LogP contribution in [0.4, 0.5) is 13.2 Å².